The summed E-state index contributed by atoms with van der Waals surface area (Å²) in [6, 6.07) is 0. The SMILES string of the molecule is COCCCO[P+](=O)OCCCOC. The molecule has 0 aromatic heterocycles. The second-order valence-electron chi connectivity index (χ2n) is 2.58. The first kappa shape index (κ1) is 13.9. The molecule has 0 rings (SSSR count). The Morgan fingerprint density at radius 1 is 0.857 bits per heavy atom. The number of ether oxygens (including phenoxy) is 2. The Labute approximate surface area is 85.6 Å². The van der Waals surface area contributed by atoms with Crippen LogP contribution in [-0.4, -0.2) is 40.6 Å². The van der Waals surface area contributed by atoms with Crippen molar-refractivity contribution in [3.63, 3.8) is 0 Å². The van der Waals surface area contributed by atoms with Crippen molar-refractivity contribution >= 4 is 8.25 Å². The molecule has 0 amide bonds. The third-order valence-electron chi connectivity index (χ3n) is 1.38. The minimum absolute atomic E-state index is 0.396. The van der Waals surface area contributed by atoms with Gasteiger partial charge in [-0.05, 0) is 12.8 Å². The second kappa shape index (κ2) is 11.0. The van der Waals surface area contributed by atoms with Crippen LogP contribution >= 0.6 is 8.25 Å². The van der Waals surface area contributed by atoms with Crippen LogP contribution in [0.25, 0.3) is 0 Å². The molecule has 0 aromatic rings. The van der Waals surface area contributed by atoms with Gasteiger partial charge in [0.15, 0.2) is 0 Å². The predicted octanol–water partition coefficient (Wildman–Crippen LogP) is 1.75. The summed E-state index contributed by atoms with van der Waals surface area (Å²) >= 11 is 0. The molecule has 0 bridgehead atoms. The molecule has 0 fully saturated rings. The molecule has 0 heterocycles. The fourth-order valence-corrected chi connectivity index (χ4v) is 1.35. The molecule has 0 aliphatic heterocycles. The van der Waals surface area contributed by atoms with E-state index < -0.39 is 8.25 Å². The van der Waals surface area contributed by atoms with Crippen LogP contribution in [0, 0.1) is 0 Å². The van der Waals surface area contributed by atoms with Crippen LogP contribution in [0.4, 0.5) is 0 Å². The highest BCUT2D eigenvalue weighted by molar-refractivity contribution is 7.33. The van der Waals surface area contributed by atoms with Gasteiger partial charge in [-0.15, -0.1) is 9.05 Å². The Kier molecular flexibility index (Phi) is 11.0. The van der Waals surface area contributed by atoms with E-state index in [1.54, 1.807) is 14.2 Å². The molecule has 0 aromatic carbocycles. The number of hydrogen-bond donors (Lipinski definition) is 0. The van der Waals surface area contributed by atoms with Crippen LogP contribution in [0.15, 0.2) is 0 Å². The van der Waals surface area contributed by atoms with Gasteiger partial charge in [-0.1, -0.05) is 0 Å². The van der Waals surface area contributed by atoms with Crippen LogP contribution in [0.2, 0.25) is 0 Å². The molecule has 0 aliphatic rings. The van der Waals surface area contributed by atoms with Crippen molar-refractivity contribution in [3.8, 4) is 0 Å². The van der Waals surface area contributed by atoms with Gasteiger partial charge in [0.1, 0.15) is 13.2 Å². The Morgan fingerprint density at radius 3 is 1.64 bits per heavy atom. The Balaban J connectivity index is 3.11. The molecule has 84 valence electrons. The van der Waals surface area contributed by atoms with Gasteiger partial charge in [-0.2, -0.15) is 0 Å². The topological polar surface area (TPSA) is 54.0 Å². The van der Waals surface area contributed by atoms with Crippen molar-refractivity contribution in [3.05, 3.63) is 0 Å². The lowest BCUT2D eigenvalue weighted by atomic mass is 10.5. The summed E-state index contributed by atoms with van der Waals surface area (Å²) in [5.74, 6) is 0. The van der Waals surface area contributed by atoms with Crippen molar-refractivity contribution in [2.24, 2.45) is 0 Å². The Bertz CT molecular complexity index is 128. The van der Waals surface area contributed by atoms with Gasteiger partial charge in [0.2, 0.25) is 0 Å². The van der Waals surface area contributed by atoms with E-state index >= 15 is 0 Å². The number of methoxy groups -OCH3 is 2. The van der Waals surface area contributed by atoms with E-state index in [2.05, 4.69) is 0 Å². The van der Waals surface area contributed by atoms with Crippen LogP contribution in [0.3, 0.4) is 0 Å². The summed E-state index contributed by atoms with van der Waals surface area (Å²) < 4.78 is 30.4. The minimum atomic E-state index is -1.97. The monoisotopic (exact) mass is 225 g/mol. The molecule has 0 aliphatic carbocycles. The predicted molar refractivity (Wildman–Crippen MR) is 52.5 cm³/mol. The molecule has 5 nitrogen and oxygen atoms in total. The maximum Gasteiger partial charge on any atom is 0.697 e. The molecular weight excluding hydrogens is 207 g/mol. The van der Waals surface area contributed by atoms with Gasteiger partial charge in [0.25, 0.3) is 0 Å². The van der Waals surface area contributed by atoms with Gasteiger partial charge in [-0.3, -0.25) is 0 Å². The fourth-order valence-electron chi connectivity index (χ4n) is 0.722. The van der Waals surface area contributed by atoms with E-state index in [0.717, 1.165) is 12.8 Å². The number of rotatable bonds is 10. The van der Waals surface area contributed by atoms with Crippen LogP contribution in [-0.2, 0) is 23.1 Å². The normalized spacial score (nSPS) is 10.4. The highest BCUT2D eigenvalue weighted by Gasteiger charge is 2.18. The molecule has 0 spiro atoms. The molecule has 0 radical (unpaired) electrons. The van der Waals surface area contributed by atoms with E-state index in [9.17, 15) is 4.57 Å². The van der Waals surface area contributed by atoms with Gasteiger partial charge in [-0.25, -0.2) is 0 Å². The summed E-state index contributed by atoms with van der Waals surface area (Å²) in [6.07, 6.45) is 1.44. The zero-order chi connectivity index (χ0) is 10.6. The largest absolute Gasteiger partial charge is 0.697 e. The molecule has 0 unspecified atom stereocenters. The first-order valence-corrected chi connectivity index (χ1v) is 5.61. The number of hydrogen-bond acceptors (Lipinski definition) is 5. The zero-order valence-corrected chi connectivity index (χ0v) is 9.63. The van der Waals surface area contributed by atoms with E-state index in [1.807, 2.05) is 0 Å². The van der Waals surface area contributed by atoms with Crippen molar-refractivity contribution < 1.29 is 23.1 Å². The van der Waals surface area contributed by atoms with Gasteiger partial charge >= 0.3 is 8.25 Å². The van der Waals surface area contributed by atoms with E-state index in [4.69, 9.17) is 18.5 Å². The average Bonchev–Trinajstić information content (AvgIpc) is 2.19. The Hall–Kier alpha value is -0.0600. The molecule has 14 heavy (non-hydrogen) atoms. The first-order chi connectivity index (χ1) is 6.81. The lowest BCUT2D eigenvalue weighted by Crippen LogP contribution is -1.97. The Morgan fingerprint density at radius 2 is 1.29 bits per heavy atom. The maximum atomic E-state index is 11.0. The van der Waals surface area contributed by atoms with E-state index in [-0.39, 0.29) is 0 Å². The van der Waals surface area contributed by atoms with Crippen molar-refractivity contribution in [2.75, 3.05) is 40.6 Å². The highest BCUT2D eigenvalue weighted by Crippen LogP contribution is 2.23. The quantitative estimate of drug-likeness (QED) is 0.418. The van der Waals surface area contributed by atoms with Crippen LogP contribution in [0.1, 0.15) is 12.8 Å². The molecule has 0 saturated heterocycles. The van der Waals surface area contributed by atoms with Crippen LogP contribution in [0.5, 0.6) is 0 Å². The summed E-state index contributed by atoms with van der Waals surface area (Å²) in [5.41, 5.74) is 0. The molecule has 0 atom stereocenters. The lowest BCUT2D eigenvalue weighted by molar-refractivity contribution is 0.150. The first-order valence-electron chi connectivity index (χ1n) is 4.52. The zero-order valence-electron chi connectivity index (χ0n) is 8.73. The van der Waals surface area contributed by atoms with Crippen molar-refractivity contribution in [2.45, 2.75) is 12.8 Å². The molecular formula is C8H18O5P+. The third kappa shape index (κ3) is 10.0. The molecule has 0 saturated carbocycles. The smallest absolute Gasteiger partial charge is 0.385 e. The summed E-state index contributed by atoms with van der Waals surface area (Å²) in [4.78, 5) is 0. The van der Waals surface area contributed by atoms with E-state index in [1.165, 1.54) is 0 Å². The van der Waals surface area contributed by atoms with Gasteiger partial charge in [0.05, 0.1) is 0 Å². The maximum absolute atomic E-state index is 11.0. The lowest BCUT2D eigenvalue weighted by Gasteiger charge is -1.94. The van der Waals surface area contributed by atoms with E-state index in [0.29, 0.717) is 26.4 Å². The van der Waals surface area contributed by atoms with Gasteiger partial charge < -0.3 is 9.47 Å². The standard InChI is InChI=1S/C8H18O5P/c1-10-5-3-7-12-14(9)13-8-4-6-11-2/h3-8H2,1-2H3/q+1. The minimum Gasteiger partial charge on any atom is -0.385 e. The van der Waals surface area contributed by atoms with Crippen molar-refractivity contribution in [1.29, 1.82) is 0 Å². The molecule has 0 N–H and O–H groups in total. The third-order valence-corrected chi connectivity index (χ3v) is 2.17. The molecule has 6 heteroatoms. The summed E-state index contributed by atoms with van der Waals surface area (Å²) in [7, 11) is 1.25. The summed E-state index contributed by atoms with van der Waals surface area (Å²) in [6.45, 7) is 2.00. The van der Waals surface area contributed by atoms with Crippen molar-refractivity contribution in [1.82, 2.24) is 0 Å². The summed E-state index contributed by atoms with van der Waals surface area (Å²) in [5, 5.41) is 0. The van der Waals surface area contributed by atoms with Gasteiger partial charge in [0, 0.05) is 32.0 Å². The highest BCUT2D eigenvalue weighted by atomic mass is 31.1. The fraction of sp³-hybridized carbons (Fsp3) is 1.00. The average molecular weight is 225 g/mol. The second-order valence-corrected chi connectivity index (χ2v) is 3.55. The van der Waals surface area contributed by atoms with Crippen LogP contribution < -0.4 is 0 Å².